The molecule has 12 heavy (non-hydrogen) atoms. The Kier molecular flexibility index (Phi) is 3.27. The minimum Gasteiger partial charge on any atom is -0.329 e. The van der Waals surface area contributed by atoms with Crippen LogP contribution in [0.4, 0.5) is 4.39 Å². The largest absolute Gasteiger partial charge is 0.329 e. The second-order valence-electron chi connectivity index (χ2n) is 2.58. The van der Waals surface area contributed by atoms with Crippen molar-refractivity contribution >= 4 is 11.7 Å². The van der Waals surface area contributed by atoms with Crippen LogP contribution in [-0.2, 0) is 0 Å². The molecule has 0 radical (unpaired) electrons. The molecule has 68 valence electrons. The molecule has 1 heterocycles. The summed E-state index contributed by atoms with van der Waals surface area (Å²) >= 11 is 0. The zero-order valence-electron chi connectivity index (χ0n) is 6.70. The zero-order valence-corrected chi connectivity index (χ0v) is 6.70. The van der Waals surface area contributed by atoms with Crippen LogP contribution in [0.15, 0.2) is 10.2 Å². The molecule has 0 aromatic rings. The van der Waals surface area contributed by atoms with Crippen LogP contribution in [0.5, 0.6) is 0 Å². The average Bonchev–Trinajstić information content (AvgIpc) is 2.36. The van der Waals surface area contributed by atoms with Gasteiger partial charge in [0.1, 0.15) is 0 Å². The summed E-state index contributed by atoms with van der Waals surface area (Å²) in [6.07, 6.45) is 0.179. The third-order valence-electron chi connectivity index (χ3n) is 1.45. The lowest BCUT2D eigenvalue weighted by Gasteiger charge is -2.13. The Morgan fingerprint density at radius 2 is 2.25 bits per heavy atom. The molecule has 0 saturated carbocycles. The lowest BCUT2D eigenvalue weighted by atomic mass is 10.3. The molecule has 0 fully saturated rings. The Morgan fingerprint density at radius 3 is 2.75 bits per heavy atom. The van der Waals surface area contributed by atoms with Crippen LogP contribution >= 0.6 is 0 Å². The van der Waals surface area contributed by atoms with E-state index in [2.05, 4.69) is 10.2 Å². The van der Waals surface area contributed by atoms with Crippen LogP contribution in [0.25, 0.3) is 0 Å². The molecule has 0 spiro atoms. The third kappa shape index (κ3) is 2.65. The van der Waals surface area contributed by atoms with Gasteiger partial charge >= 0.3 is 0 Å². The van der Waals surface area contributed by atoms with Crippen LogP contribution in [0.1, 0.15) is 6.42 Å². The standard InChI is InChI=1S/C6H12FN5/c7-6-3-5(10-11-6)4-12(9)2-1-8/h1-4,8-9H2. The van der Waals surface area contributed by atoms with Crippen LogP contribution in [-0.4, -0.2) is 36.3 Å². The predicted octanol–water partition coefficient (Wildman–Crippen LogP) is -0.751. The molecule has 0 bridgehead atoms. The van der Waals surface area contributed by atoms with Crippen LogP contribution < -0.4 is 11.6 Å². The number of hydrogen-bond donors (Lipinski definition) is 2. The van der Waals surface area contributed by atoms with E-state index in [1.807, 2.05) is 0 Å². The quantitative estimate of drug-likeness (QED) is 0.433. The summed E-state index contributed by atoms with van der Waals surface area (Å²) in [5.74, 6) is 5.06. The fourth-order valence-corrected chi connectivity index (χ4v) is 0.931. The number of hydrogen-bond acceptors (Lipinski definition) is 5. The Labute approximate surface area is 69.9 Å². The second-order valence-corrected chi connectivity index (χ2v) is 2.58. The van der Waals surface area contributed by atoms with Gasteiger partial charge < -0.3 is 5.73 Å². The summed E-state index contributed by atoms with van der Waals surface area (Å²) in [6, 6.07) is 0. The van der Waals surface area contributed by atoms with Gasteiger partial charge in [0.2, 0.25) is 5.97 Å². The number of hydrazine groups is 1. The van der Waals surface area contributed by atoms with Crippen molar-refractivity contribution in [2.45, 2.75) is 6.42 Å². The highest BCUT2D eigenvalue weighted by atomic mass is 19.1. The van der Waals surface area contributed by atoms with Gasteiger partial charge in [-0.2, -0.15) is 9.49 Å². The van der Waals surface area contributed by atoms with Gasteiger partial charge in [-0.1, -0.05) is 0 Å². The molecule has 1 rings (SSSR count). The summed E-state index contributed by atoms with van der Waals surface area (Å²) in [5, 5.41) is 8.35. The van der Waals surface area contributed by atoms with Gasteiger partial charge in [0.25, 0.3) is 0 Å². The molecule has 0 unspecified atom stereocenters. The van der Waals surface area contributed by atoms with Gasteiger partial charge in [0.15, 0.2) is 0 Å². The van der Waals surface area contributed by atoms with Crippen LogP contribution in [0, 0.1) is 0 Å². The van der Waals surface area contributed by atoms with E-state index in [4.69, 9.17) is 11.6 Å². The first kappa shape index (κ1) is 9.24. The van der Waals surface area contributed by atoms with Crippen molar-refractivity contribution in [3.63, 3.8) is 0 Å². The maximum Gasteiger partial charge on any atom is 0.215 e. The molecule has 0 amide bonds. The van der Waals surface area contributed by atoms with Crippen molar-refractivity contribution < 1.29 is 4.39 Å². The van der Waals surface area contributed by atoms with E-state index in [9.17, 15) is 4.39 Å². The highest BCUT2D eigenvalue weighted by molar-refractivity contribution is 6.04. The Balaban J connectivity index is 2.25. The molecule has 0 saturated heterocycles. The molecule has 5 nitrogen and oxygen atoms in total. The number of nitrogens with two attached hydrogens (primary N) is 2. The van der Waals surface area contributed by atoms with E-state index in [1.54, 1.807) is 0 Å². The number of halogens is 1. The van der Waals surface area contributed by atoms with Gasteiger partial charge in [-0.15, -0.1) is 5.10 Å². The SMILES string of the molecule is NCCN(N)CC1=NN=C(F)C1. The van der Waals surface area contributed by atoms with Crippen molar-refractivity contribution in [2.24, 2.45) is 21.8 Å². The highest BCUT2D eigenvalue weighted by Crippen LogP contribution is 2.03. The average molecular weight is 173 g/mol. The molecular formula is C6H12FN5. The molecule has 0 aliphatic carbocycles. The fourth-order valence-electron chi connectivity index (χ4n) is 0.931. The van der Waals surface area contributed by atoms with Gasteiger partial charge in [-0.3, -0.25) is 5.84 Å². The van der Waals surface area contributed by atoms with Gasteiger partial charge in [0, 0.05) is 13.1 Å². The smallest absolute Gasteiger partial charge is 0.215 e. The summed E-state index contributed by atoms with van der Waals surface area (Å²) in [5.41, 5.74) is 5.91. The number of nitrogens with zero attached hydrogens (tertiary/aromatic N) is 3. The molecule has 0 aromatic carbocycles. The molecular weight excluding hydrogens is 161 g/mol. The minimum atomic E-state index is -0.453. The summed E-state index contributed by atoms with van der Waals surface area (Å²) in [6.45, 7) is 1.47. The Bertz CT molecular complexity index is 212. The van der Waals surface area contributed by atoms with Gasteiger partial charge in [0.05, 0.1) is 18.7 Å². The first-order valence-corrected chi connectivity index (χ1v) is 3.70. The van der Waals surface area contributed by atoms with Gasteiger partial charge in [-0.05, 0) is 0 Å². The number of rotatable bonds is 4. The van der Waals surface area contributed by atoms with E-state index in [0.29, 0.717) is 25.3 Å². The molecule has 0 aromatic heterocycles. The summed E-state index contributed by atoms with van der Waals surface area (Å²) < 4.78 is 12.4. The highest BCUT2D eigenvalue weighted by Gasteiger charge is 2.13. The van der Waals surface area contributed by atoms with Crippen molar-refractivity contribution in [2.75, 3.05) is 19.6 Å². The molecule has 0 atom stereocenters. The van der Waals surface area contributed by atoms with Crippen molar-refractivity contribution in [1.82, 2.24) is 5.01 Å². The van der Waals surface area contributed by atoms with Crippen LogP contribution in [0.3, 0.4) is 0 Å². The molecule has 1 aliphatic rings. The normalized spacial score (nSPS) is 16.7. The lowest BCUT2D eigenvalue weighted by molar-refractivity contribution is 0.332. The van der Waals surface area contributed by atoms with Crippen molar-refractivity contribution in [1.29, 1.82) is 0 Å². The van der Waals surface area contributed by atoms with E-state index in [0.717, 1.165) is 0 Å². The minimum absolute atomic E-state index is 0.179. The Hall–Kier alpha value is -0.850. The molecule has 6 heteroatoms. The second kappa shape index (κ2) is 4.24. The lowest BCUT2D eigenvalue weighted by Crippen LogP contribution is -2.39. The van der Waals surface area contributed by atoms with Crippen molar-refractivity contribution in [3.05, 3.63) is 0 Å². The molecule has 1 aliphatic heterocycles. The fraction of sp³-hybridized carbons (Fsp3) is 0.667. The maximum atomic E-state index is 12.4. The monoisotopic (exact) mass is 173 g/mol. The van der Waals surface area contributed by atoms with E-state index in [-0.39, 0.29) is 6.42 Å². The van der Waals surface area contributed by atoms with Crippen LogP contribution in [0.2, 0.25) is 0 Å². The van der Waals surface area contributed by atoms with Gasteiger partial charge in [-0.25, -0.2) is 5.01 Å². The van der Waals surface area contributed by atoms with E-state index in [1.165, 1.54) is 5.01 Å². The maximum absolute atomic E-state index is 12.4. The zero-order chi connectivity index (χ0) is 8.97. The van der Waals surface area contributed by atoms with E-state index < -0.39 is 5.97 Å². The molecule has 4 N–H and O–H groups in total. The Morgan fingerprint density at radius 1 is 1.50 bits per heavy atom. The third-order valence-corrected chi connectivity index (χ3v) is 1.45. The predicted molar refractivity (Wildman–Crippen MR) is 45.4 cm³/mol. The summed E-state index contributed by atoms with van der Waals surface area (Å²) in [7, 11) is 0. The first-order valence-electron chi connectivity index (χ1n) is 3.70. The topological polar surface area (TPSA) is 80.0 Å². The summed E-state index contributed by atoms with van der Waals surface area (Å²) in [4.78, 5) is 0. The van der Waals surface area contributed by atoms with E-state index >= 15 is 0 Å². The first-order chi connectivity index (χ1) is 5.72. The van der Waals surface area contributed by atoms with Crippen molar-refractivity contribution in [3.8, 4) is 0 Å².